The van der Waals surface area contributed by atoms with Gasteiger partial charge in [0.2, 0.25) is 0 Å². The van der Waals surface area contributed by atoms with Crippen LogP contribution in [0.3, 0.4) is 0 Å². The number of rotatable bonds is 3. The second kappa shape index (κ2) is 5.47. The van der Waals surface area contributed by atoms with Crippen LogP contribution in [-0.4, -0.2) is 0 Å². The number of benzene rings is 2. The lowest BCUT2D eigenvalue weighted by molar-refractivity contribution is 1.25. The minimum atomic E-state index is -0.357. The molecule has 0 bridgehead atoms. The molecule has 0 saturated heterocycles. The van der Waals surface area contributed by atoms with Gasteiger partial charge in [0.1, 0.15) is 0 Å². The Bertz CT molecular complexity index is 737. The van der Waals surface area contributed by atoms with Crippen LogP contribution in [0.1, 0.15) is 23.2 Å². The summed E-state index contributed by atoms with van der Waals surface area (Å²) < 4.78 is 0. The SMILES string of the molecule is C1=CC(P(c2ccccc2)C2C=Cc3ccccc32)=CC1. The molecule has 0 spiro atoms. The quantitative estimate of drug-likeness (QED) is 0.663. The molecule has 0 N–H and O–H groups in total. The molecule has 0 radical (unpaired) electrons. The van der Waals surface area contributed by atoms with Gasteiger partial charge < -0.3 is 0 Å². The maximum absolute atomic E-state index is 2.40. The van der Waals surface area contributed by atoms with Crippen LogP contribution in [0.4, 0.5) is 0 Å². The van der Waals surface area contributed by atoms with Crippen molar-refractivity contribution in [2.24, 2.45) is 0 Å². The van der Waals surface area contributed by atoms with Crippen molar-refractivity contribution in [2.45, 2.75) is 12.1 Å². The standard InChI is InChI=1S/C20H17P/c1-2-9-17(10-3-1)21(18-11-5-6-12-18)20-15-14-16-8-4-7-13-19(16)20/h1-5,7-15,20H,6H2. The second-order valence-corrected chi connectivity index (χ2v) is 7.73. The van der Waals surface area contributed by atoms with Gasteiger partial charge in [-0.2, -0.15) is 0 Å². The third-order valence-corrected chi connectivity index (χ3v) is 6.86. The molecule has 2 unspecified atom stereocenters. The van der Waals surface area contributed by atoms with Crippen molar-refractivity contribution in [3.8, 4) is 0 Å². The van der Waals surface area contributed by atoms with E-state index in [1.165, 1.54) is 21.7 Å². The molecule has 0 fully saturated rings. The van der Waals surface area contributed by atoms with Gasteiger partial charge in [-0.1, -0.05) is 85.0 Å². The predicted molar refractivity (Wildman–Crippen MR) is 93.1 cm³/mol. The summed E-state index contributed by atoms with van der Waals surface area (Å²) in [7, 11) is -0.357. The number of hydrogen-bond acceptors (Lipinski definition) is 0. The molecule has 2 aromatic carbocycles. The first-order valence-corrected chi connectivity index (χ1v) is 8.83. The van der Waals surface area contributed by atoms with Crippen LogP contribution < -0.4 is 5.30 Å². The van der Waals surface area contributed by atoms with Crippen LogP contribution in [0.2, 0.25) is 0 Å². The zero-order valence-corrected chi connectivity index (χ0v) is 12.7. The Labute approximate surface area is 127 Å². The summed E-state index contributed by atoms with van der Waals surface area (Å²) in [6.07, 6.45) is 12.8. The molecule has 2 atom stereocenters. The van der Waals surface area contributed by atoms with Crippen LogP contribution in [0.15, 0.2) is 84.2 Å². The molecular weight excluding hydrogens is 271 g/mol. The summed E-state index contributed by atoms with van der Waals surface area (Å²) >= 11 is 0. The molecule has 0 nitrogen and oxygen atoms in total. The Balaban J connectivity index is 1.81. The molecule has 2 aliphatic rings. The third kappa shape index (κ3) is 2.30. The number of allylic oxidation sites excluding steroid dienone is 5. The molecule has 1 heteroatoms. The Kier molecular flexibility index (Phi) is 3.33. The van der Waals surface area contributed by atoms with E-state index in [4.69, 9.17) is 0 Å². The van der Waals surface area contributed by atoms with Crippen LogP contribution in [0.25, 0.3) is 6.08 Å². The van der Waals surface area contributed by atoms with Gasteiger partial charge in [0.15, 0.2) is 0 Å². The number of fused-ring (bicyclic) bond motifs is 1. The predicted octanol–water partition coefficient (Wildman–Crippen LogP) is 5.41. The average molecular weight is 288 g/mol. The van der Waals surface area contributed by atoms with E-state index in [1.807, 2.05) is 0 Å². The highest BCUT2D eigenvalue weighted by molar-refractivity contribution is 7.70. The van der Waals surface area contributed by atoms with Crippen molar-refractivity contribution in [1.29, 1.82) is 0 Å². The first kappa shape index (κ1) is 12.8. The summed E-state index contributed by atoms with van der Waals surface area (Å²) in [6, 6.07) is 19.8. The van der Waals surface area contributed by atoms with Gasteiger partial charge in [0, 0.05) is 5.66 Å². The molecule has 4 rings (SSSR count). The molecule has 2 aromatic rings. The van der Waals surface area contributed by atoms with Gasteiger partial charge in [0.05, 0.1) is 0 Å². The van der Waals surface area contributed by atoms with Gasteiger partial charge in [-0.15, -0.1) is 0 Å². The summed E-state index contributed by atoms with van der Waals surface area (Å²) in [6.45, 7) is 0. The lowest BCUT2D eigenvalue weighted by atomic mass is 10.1. The van der Waals surface area contributed by atoms with E-state index in [1.54, 1.807) is 0 Å². The average Bonchev–Trinajstić information content (AvgIpc) is 3.20. The number of hydrogen-bond donors (Lipinski definition) is 0. The second-order valence-electron chi connectivity index (χ2n) is 5.41. The van der Waals surface area contributed by atoms with Crippen LogP contribution in [0, 0.1) is 0 Å². The normalized spacial score (nSPS) is 20.4. The van der Waals surface area contributed by atoms with Gasteiger partial charge in [-0.25, -0.2) is 0 Å². The fourth-order valence-corrected chi connectivity index (χ4v) is 5.91. The third-order valence-electron chi connectivity index (χ3n) is 4.12. The fourth-order valence-electron chi connectivity index (χ4n) is 3.14. The van der Waals surface area contributed by atoms with Crippen molar-refractivity contribution >= 4 is 19.3 Å². The largest absolute Gasteiger partial charge is 0.0801 e. The van der Waals surface area contributed by atoms with Gasteiger partial charge in [-0.05, 0) is 36.1 Å². The molecule has 0 aromatic heterocycles. The Morgan fingerprint density at radius 3 is 2.48 bits per heavy atom. The lowest BCUT2D eigenvalue weighted by Gasteiger charge is -2.25. The highest BCUT2D eigenvalue weighted by atomic mass is 31.1. The minimum absolute atomic E-state index is 0.357. The smallest absolute Gasteiger partial charge is 0.0310 e. The summed E-state index contributed by atoms with van der Waals surface area (Å²) in [4.78, 5) is 0. The monoisotopic (exact) mass is 288 g/mol. The van der Waals surface area contributed by atoms with E-state index in [-0.39, 0.29) is 7.92 Å². The van der Waals surface area contributed by atoms with Crippen LogP contribution in [-0.2, 0) is 0 Å². The van der Waals surface area contributed by atoms with Gasteiger partial charge >= 0.3 is 0 Å². The molecular formula is C20H17P. The van der Waals surface area contributed by atoms with Crippen LogP contribution >= 0.6 is 7.92 Å². The summed E-state index contributed by atoms with van der Waals surface area (Å²) in [5.74, 6) is 0. The highest BCUT2D eigenvalue weighted by Crippen LogP contribution is 2.60. The zero-order valence-electron chi connectivity index (χ0n) is 11.8. The van der Waals surface area contributed by atoms with Crippen molar-refractivity contribution < 1.29 is 0 Å². The molecule has 0 amide bonds. The Morgan fingerprint density at radius 2 is 1.67 bits per heavy atom. The molecule has 102 valence electrons. The fraction of sp³-hybridized carbons (Fsp3) is 0.100. The highest BCUT2D eigenvalue weighted by Gasteiger charge is 2.29. The van der Waals surface area contributed by atoms with Crippen molar-refractivity contribution in [2.75, 3.05) is 0 Å². The molecule has 0 heterocycles. The molecule has 21 heavy (non-hydrogen) atoms. The van der Waals surface area contributed by atoms with Crippen molar-refractivity contribution in [3.05, 3.63) is 95.3 Å². The Hall–Kier alpha value is -1.91. The van der Waals surface area contributed by atoms with Gasteiger partial charge in [-0.3, -0.25) is 0 Å². The van der Waals surface area contributed by atoms with E-state index in [9.17, 15) is 0 Å². The Morgan fingerprint density at radius 1 is 0.857 bits per heavy atom. The van der Waals surface area contributed by atoms with E-state index in [2.05, 4.69) is 85.0 Å². The van der Waals surface area contributed by atoms with E-state index in [0.29, 0.717) is 5.66 Å². The van der Waals surface area contributed by atoms with Gasteiger partial charge in [0.25, 0.3) is 0 Å². The first-order chi connectivity index (χ1) is 10.4. The maximum atomic E-state index is 2.40. The zero-order chi connectivity index (χ0) is 14.1. The van der Waals surface area contributed by atoms with E-state index >= 15 is 0 Å². The first-order valence-electron chi connectivity index (χ1n) is 7.41. The molecule has 0 saturated carbocycles. The lowest BCUT2D eigenvalue weighted by Crippen LogP contribution is -2.06. The van der Waals surface area contributed by atoms with Crippen molar-refractivity contribution in [1.82, 2.24) is 0 Å². The molecule has 2 aliphatic carbocycles. The minimum Gasteiger partial charge on any atom is -0.0801 e. The van der Waals surface area contributed by atoms with E-state index < -0.39 is 0 Å². The maximum Gasteiger partial charge on any atom is 0.0310 e. The van der Waals surface area contributed by atoms with Crippen LogP contribution in [0.5, 0.6) is 0 Å². The topological polar surface area (TPSA) is 0 Å². The summed E-state index contributed by atoms with van der Waals surface area (Å²) in [5.41, 5.74) is 3.37. The summed E-state index contributed by atoms with van der Waals surface area (Å²) in [5, 5.41) is 2.99. The van der Waals surface area contributed by atoms with Crippen molar-refractivity contribution in [3.63, 3.8) is 0 Å². The van der Waals surface area contributed by atoms with E-state index in [0.717, 1.165) is 6.42 Å². The molecule has 0 aliphatic heterocycles.